The zero-order valence-corrected chi connectivity index (χ0v) is 13.8. The number of rotatable bonds is 5. The van der Waals surface area contributed by atoms with Crippen LogP contribution in [0.4, 0.5) is 0 Å². The van der Waals surface area contributed by atoms with Crippen molar-refractivity contribution < 1.29 is 19.1 Å². The third kappa shape index (κ3) is 3.77. The van der Waals surface area contributed by atoms with E-state index in [1.165, 1.54) is 0 Å². The molecule has 0 heterocycles. The van der Waals surface area contributed by atoms with Gasteiger partial charge < -0.3 is 9.47 Å². The zero-order chi connectivity index (χ0) is 17.0. The molecule has 0 N–H and O–H groups in total. The Kier molecular flexibility index (Phi) is 5.16. The van der Waals surface area contributed by atoms with Gasteiger partial charge in [-0.05, 0) is 51.5 Å². The Bertz CT molecular complexity index is 718. The molecule has 2 rings (SSSR count). The van der Waals surface area contributed by atoms with Crippen molar-refractivity contribution in [2.24, 2.45) is 0 Å². The standard InChI is InChI=1S/C19H20O4/c1-12(2)22-18-14(4)17(13(3)10-15(18)11-20)19(21)23-16-8-6-5-7-9-16/h5-12H,1-4H3. The van der Waals surface area contributed by atoms with Gasteiger partial charge in [-0.1, -0.05) is 18.2 Å². The molecule has 120 valence electrons. The van der Waals surface area contributed by atoms with E-state index >= 15 is 0 Å². The van der Waals surface area contributed by atoms with Crippen LogP contribution in [0.3, 0.4) is 0 Å². The first-order valence-corrected chi connectivity index (χ1v) is 7.47. The molecular formula is C19H20O4. The van der Waals surface area contributed by atoms with Gasteiger partial charge in [0.25, 0.3) is 0 Å². The minimum Gasteiger partial charge on any atom is -0.490 e. The van der Waals surface area contributed by atoms with Crippen LogP contribution in [0, 0.1) is 13.8 Å². The van der Waals surface area contributed by atoms with Gasteiger partial charge in [-0.3, -0.25) is 4.79 Å². The molecule has 4 heteroatoms. The number of benzene rings is 2. The minimum atomic E-state index is -0.461. The lowest BCUT2D eigenvalue weighted by Crippen LogP contribution is -2.16. The molecule has 0 aliphatic rings. The van der Waals surface area contributed by atoms with Crippen molar-refractivity contribution in [3.05, 3.63) is 58.7 Å². The van der Waals surface area contributed by atoms with Crippen LogP contribution >= 0.6 is 0 Å². The second-order valence-corrected chi connectivity index (χ2v) is 5.60. The number of aryl methyl sites for hydroxylation is 1. The molecule has 0 atom stereocenters. The molecule has 2 aromatic rings. The largest absolute Gasteiger partial charge is 0.490 e. The molecule has 0 aliphatic heterocycles. The van der Waals surface area contributed by atoms with E-state index in [9.17, 15) is 9.59 Å². The van der Waals surface area contributed by atoms with Crippen molar-refractivity contribution in [3.8, 4) is 11.5 Å². The summed E-state index contributed by atoms with van der Waals surface area (Å²) < 4.78 is 11.1. The molecule has 0 bridgehead atoms. The second-order valence-electron chi connectivity index (χ2n) is 5.60. The highest BCUT2D eigenvalue weighted by Crippen LogP contribution is 2.30. The average molecular weight is 312 g/mol. The number of carbonyl (C=O) groups excluding carboxylic acids is 2. The van der Waals surface area contributed by atoms with Gasteiger partial charge >= 0.3 is 5.97 Å². The molecule has 0 fully saturated rings. The highest BCUT2D eigenvalue weighted by atomic mass is 16.5. The number of esters is 1. The third-order valence-corrected chi connectivity index (χ3v) is 3.38. The summed E-state index contributed by atoms with van der Waals surface area (Å²) in [4.78, 5) is 23.8. The van der Waals surface area contributed by atoms with Crippen molar-refractivity contribution in [1.82, 2.24) is 0 Å². The predicted octanol–water partition coefficient (Wildman–Crippen LogP) is 4.12. The number of carbonyl (C=O) groups is 2. The van der Waals surface area contributed by atoms with Crippen LogP contribution in [0.1, 0.15) is 45.7 Å². The summed E-state index contributed by atoms with van der Waals surface area (Å²) in [5.74, 6) is 0.444. The summed E-state index contributed by atoms with van der Waals surface area (Å²) in [7, 11) is 0. The third-order valence-electron chi connectivity index (χ3n) is 3.38. The van der Waals surface area contributed by atoms with Gasteiger partial charge in [-0.25, -0.2) is 4.79 Å². The van der Waals surface area contributed by atoms with E-state index < -0.39 is 5.97 Å². The fraction of sp³-hybridized carbons (Fsp3) is 0.263. The van der Waals surface area contributed by atoms with Crippen LogP contribution in [-0.2, 0) is 0 Å². The number of ether oxygens (including phenoxy) is 2. The monoisotopic (exact) mass is 312 g/mol. The van der Waals surface area contributed by atoms with Crippen LogP contribution in [-0.4, -0.2) is 18.4 Å². The summed E-state index contributed by atoms with van der Waals surface area (Å²) >= 11 is 0. The van der Waals surface area contributed by atoms with Crippen molar-refractivity contribution in [1.29, 1.82) is 0 Å². The highest BCUT2D eigenvalue weighted by Gasteiger charge is 2.21. The summed E-state index contributed by atoms with van der Waals surface area (Å²) in [6.07, 6.45) is 0.636. The molecule has 0 saturated carbocycles. The Hall–Kier alpha value is -2.62. The average Bonchev–Trinajstić information content (AvgIpc) is 2.50. The lowest BCUT2D eigenvalue weighted by atomic mass is 9.98. The van der Waals surface area contributed by atoms with Gasteiger partial charge in [0.05, 0.1) is 17.2 Å². The summed E-state index contributed by atoms with van der Waals surface area (Å²) in [6.45, 7) is 7.28. The first-order valence-electron chi connectivity index (χ1n) is 7.47. The lowest BCUT2D eigenvalue weighted by Gasteiger charge is -2.18. The summed E-state index contributed by atoms with van der Waals surface area (Å²) in [5, 5.41) is 0. The molecule has 4 nitrogen and oxygen atoms in total. The van der Waals surface area contributed by atoms with Gasteiger partial charge in [0.15, 0.2) is 6.29 Å². The Labute approximate surface area is 136 Å². The maximum atomic E-state index is 12.5. The Morgan fingerprint density at radius 1 is 1.13 bits per heavy atom. The number of hydrogen-bond donors (Lipinski definition) is 0. The Balaban J connectivity index is 2.45. The summed E-state index contributed by atoms with van der Waals surface area (Å²) in [5.41, 5.74) is 2.16. The van der Waals surface area contributed by atoms with Crippen LogP contribution in [0.2, 0.25) is 0 Å². The van der Waals surface area contributed by atoms with E-state index in [0.29, 0.717) is 33.8 Å². The first-order chi connectivity index (χ1) is 10.9. The minimum absolute atomic E-state index is 0.104. The van der Waals surface area contributed by atoms with E-state index in [2.05, 4.69) is 0 Å². The van der Waals surface area contributed by atoms with Gasteiger partial charge in [0.2, 0.25) is 0 Å². The first kappa shape index (κ1) is 16.7. The molecule has 2 aromatic carbocycles. The van der Waals surface area contributed by atoms with Gasteiger partial charge in [-0.2, -0.15) is 0 Å². The van der Waals surface area contributed by atoms with Crippen LogP contribution in [0.25, 0.3) is 0 Å². The van der Waals surface area contributed by atoms with E-state index in [0.717, 1.165) is 6.29 Å². The fourth-order valence-electron chi connectivity index (χ4n) is 2.44. The van der Waals surface area contributed by atoms with Gasteiger partial charge in [0.1, 0.15) is 11.5 Å². The fourth-order valence-corrected chi connectivity index (χ4v) is 2.44. The van der Waals surface area contributed by atoms with Crippen LogP contribution in [0.15, 0.2) is 36.4 Å². The van der Waals surface area contributed by atoms with E-state index in [-0.39, 0.29) is 6.10 Å². The topological polar surface area (TPSA) is 52.6 Å². The lowest BCUT2D eigenvalue weighted by molar-refractivity contribution is 0.0732. The highest BCUT2D eigenvalue weighted by molar-refractivity contribution is 5.97. The Morgan fingerprint density at radius 2 is 1.78 bits per heavy atom. The van der Waals surface area contributed by atoms with E-state index in [1.54, 1.807) is 44.2 Å². The molecule has 0 unspecified atom stereocenters. The Morgan fingerprint density at radius 3 is 2.35 bits per heavy atom. The maximum absolute atomic E-state index is 12.5. The smallest absolute Gasteiger partial charge is 0.344 e. The molecule has 0 saturated heterocycles. The molecule has 0 radical (unpaired) electrons. The quantitative estimate of drug-likeness (QED) is 0.473. The van der Waals surface area contributed by atoms with Crippen LogP contribution in [0.5, 0.6) is 11.5 Å². The zero-order valence-electron chi connectivity index (χ0n) is 13.8. The van der Waals surface area contributed by atoms with Gasteiger partial charge in [-0.15, -0.1) is 0 Å². The number of aldehydes is 1. The van der Waals surface area contributed by atoms with Gasteiger partial charge in [0, 0.05) is 5.56 Å². The SMILES string of the molecule is Cc1cc(C=O)c(OC(C)C)c(C)c1C(=O)Oc1ccccc1. The van der Waals surface area contributed by atoms with Crippen molar-refractivity contribution in [3.63, 3.8) is 0 Å². The molecule has 0 aromatic heterocycles. The maximum Gasteiger partial charge on any atom is 0.344 e. The normalized spacial score (nSPS) is 10.5. The van der Waals surface area contributed by atoms with E-state index in [1.807, 2.05) is 19.9 Å². The van der Waals surface area contributed by atoms with Crippen molar-refractivity contribution >= 4 is 12.3 Å². The predicted molar refractivity (Wildman–Crippen MR) is 88.5 cm³/mol. The summed E-state index contributed by atoms with van der Waals surface area (Å²) in [6, 6.07) is 10.5. The second kappa shape index (κ2) is 7.09. The number of hydrogen-bond acceptors (Lipinski definition) is 4. The van der Waals surface area contributed by atoms with E-state index in [4.69, 9.17) is 9.47 Å². The molecule has 0 spiro atoms. The molecule has 23 heavy (non-hydrogen) atoms. The van der Waals surface area contributed by atoms with Crippen LogP contribution < -0.4 is 9.47 Å². The molecule has 0 aliphatic carbocycles. The van der Waals surface area contributed by atoms with Crippen molar-refractivity contribution in [2.75, 3.05) is 0 Å². The molecule has 0 amide bonds. The molecular weight excluding hydrogens is 292 g/mol. The van der Waals surface area contributed by atoms with Crippen molar-refractivity contribution in [2.45, 2.75) is 33.8 Å². The number of para-hydroxylation sites is 1.